The van der Waals surface area contributed by atoms with E-state index in [0.717, 1.165) is 18.2 Å². The number of nitrogens with zero attached hydrogens (tertiary/aromatic N) is 4. The lowest BCUT2D eigenvalue weighted by molar-refractivity contribution is -0.142. The van der Waals surface area contributed by atoms with Gasteiger partial charge in [-0.1, -0.05) is 36.4 Å². The van der Waals surface area contributed by atoms with Crippen LogP contribution >= 0.6 is 22.7 Å². The summed E-state index contributed by atoms with van der Waals surface area (Å²) < 4.78 is 69.8. The first-order valence-electron chi connectivity index (χ1n) is 12.0. The summed E-state index contributed by atoms with van der Waals surface area (Å²) in [6.45, 7) is 0. The number of hydrogen-bond acceptors (Lipinski definition) is 7. The SMILES string of the molecule is NC(=O)c1sc2nc(C(F)F)cc(-c3ccccc3)c2c1NC(=O)c1cc2nc(-c3cccs3)cc(C(F)(F)F)n2n1. The van der Waals surface area contributed by atoms with Crippen molar-refractivity contribution in [2.45, 2.75) is 12.6 Å². The highest BCUT2D eigenvalue weighted by Crippen LogP contribution is 2.42. The number of benzene rings is 1. The zero-order valence-corrected chi connectivity index (χ0v) is 22.5. The number of carbonyl (C=O) groups is 2. The van der Waals surface area contributed by atoms with Crippen LogP contribution in [0.25, 0.3) is 37.6 Å². The molecule has 0 aliphatic rings. The summed E-state index contributed by atoms with van der Waals surface area (Å²) in [6, 6.07) is 14.7. The maximum Gasteiger partial charge on any atom is 0.433 e. The zero-order chi connectivity index (χ0) is 29.8. The Kier molecular flexibility index (Phi) is 6.69. The molecule has 8 nitrogen and oxygen atoms in total. The van der Waals surface area contributed by atoms with Crippen molar-refractivity contribution in [3.63, 3.8) is 0 Å². The molecule has 5 heterocycles. The fraction of sp³-hybridized carbons (Fsp3) is 0.0741. The fourth-order valence-corrected chi connectivity index (χ4v) is 6.08. The molecular formula is C27H15F5N6O2S2. The monoisotopic (exact) mass is 614 g/mol. The van der Waals surface area contributed by atoms with Crippen LogP contribution in [0.5, 0.6) is 0 Å². The second kappa shape index (κ2) is 10.3. The lowest BCUT2D eigenvalue weighted by atomic mass is 10.0. The number of fused-ring (bicyclic) bond motifs is 2. The molecule has 15 heteroatoms. The molecule has 6 rings (SSSR count). The standard InChI is InChI=1S/C27H15F5N6O2S2/c28-23(29)15-9-13(12-5-2-1-3-6-12)20-21(22(24(33)39)42-26(20)35-15)36-25(40)16-11-19-34-14(17-7-4-8-41-17)10-18(27(30,31)32)38(19)37-16/h1-11,23H,(H2,33,39)(H,36,40). The molecule has 0 spiro atoms. The van der Waals surface area contributed by atoms with E-state index in [1.165, 1.54) is 11.3 Å². The lowest BCUT2D eigenvalue weighted by Crippen LogP contribution is -2.18. The summed E-state index contributed by atoms with van der Waals surface area (Å²) in [4.78, 5) is 34.3. The smallest absolute Gasteiger partial charge is 0.365 e. The number of hydrogen-bond donors (Lipinski definition) is 2. The quantitative estimate of drug-likeness (QED) is 0.195. The second-order valence-corrected chi connectivity index (χ2v) is 10.8. The Bertz CT molecular complexity index is 1990. The predicted octanol–water partition coefficient (Wildman–Crippen LogP) is 7.04. The molecule has 0 saturated carbocycles. The molecule has 212 valence electrons. The van der Waals surface area contributed by atoms with Crippen molar-refractivity contribution in [2.75, 3.05) is 5.32 Å². The van der Waals surface area contributed by atoms with E-state index in [9.17, 15) is 31.5 Å². The van der Waals surface area contributed by atoms with Gasteiger partial charge in [0.1, 0.15) is 15.4 Å². The molecule has 0 aliphatic heterocycles. The van der Waals surface area contributed by atoms with Crippen LogP contribution in [0.1, 0.15) is 38.0 Å². The lowest BCUT2D eigenvalue weighted by Gasteiger charge is -2.11. The van der Waals surface area contributed by atoms with Gasteiger partial charge >= 0.3 is 6.18 Å². The van der Waals surface area contributed by atoms with Crippen molar-refractivity contribution in [3.8, 4) is 21.7 Å². The number of nitrogens with two attached hydrogens (primary N) is 1. The predicted molar refractivity (Wildman–Crippen MR) is 148 cm³/mol. The molecule has 5 aromatic heterocycles. The van der Waals surface area contributed by atoms with Crippen molar-refractivity contribution < 1.29 is 31.5 Å². The minimum absolute atomic E-state index is 0.00682. The first-order chi connectivity index (χ1) is 20.0. The van der Waals surface area contributed by atoms with Crippen LogP contribution in [0.3, 0.4) is 0 Å². The summed E-state index contributed by atoms with van der Waals surface area (Å²) in [5.41, 5.74) is 3.84. The highest BCUT2D eigenvalue weighted by molar-refractivity contribution is 7.21. The number of aromatic nitrogens is 4. The normalized spacial score (nSPS) is 12.0. The van der Waals surface area contributed by atoms with Crippen LogP contribution in [-0.2, 0) is 6.18 Å². The van der Waals surface area contributed by atoms with E-state index in [1.54, 1.807) is 47.8 Å². The summed E-state index contributed by atoms with van der Waals surface area (Å²) in [5, 5.41) is 8.22. The number of amides is 2. The molecule has 3 N–H and O–H groups in total. The summed E-state index contributed by atoms with van der Waals surface area (Å²) in [5.74, 6) is -1.95. The number of carbonyl (C=O) groups excluding carboxylic acids is 2. The molecule has 1 aromatic carbocycles. The van der Waals surface area contributed by atoms with Crippen molar-refractivity contribution in [2.24, 2.45) is 5.73 Å². The maximum atomic E-state index is 14.0. The number of thiophene rings is 2. The van der Waals surface area contributed by atoms with E-state index in [1.807, 2.05) is 0 Å². The summed E-state index contributed by atoms with van der Waals surface area (Å²) in [7, 11) is 0. The van der Waals surface area contributed by atoms with Crippen LogP contribution in [0, 0.1) is 0 Å². The van der Waals surface area contributed by atoms with Crippen LogP contribution in [0.4, 0.5) is 27.6 Å². The second-order valence-electron chi connectivity index (χ2n) is 8.87. The van der Waals surface area contributed by atoms with Crippen molar-refractivity contribution in [1.29, 1.82) is 0 Å². The molecule has 0 aliphatic carbocycles. The van der Waals surface area contributed by atoms with Gasteiger partial charge in [-0.3, -0.25) is 9.59 Å². The van der Waals surface area contributed by atoms with Gasteiger partial charge in [0.2, 0.25) is 0 Å². The Morgan fingerprint density at radius 3 is 2.40 bits per heavy atom. The molecule has 0 fully saturated rings. The van der Waals surface area contributed by atoms with E-state index >= 15 is 0 Å². The van der Waals surface area contributed by atoms with E-state index in [4.69, 9.17) is 5.73 Å². The molecule has 0 radical (unpaired) electrons. The first kappa shape index (κ1) is 27.4. The third kappa shape index (κ3) is 4.86. The molecule has 0 bridgehead atoms. The average Bonchev–Trinajstić information content (AvgIpc) is 3.71. The number of nitrogens with one attached hydrogen (secondary N) is 1. The molecule has 2 amide bonds. The van der Waals surface area contributed by atoms with Crippen molar-refractivity contribution >= 4 is 56.0 Å². The van der Waals surface area contributed by atoms with Crippen LogP contribution in [-0.4, -0.2) is 31.4 Å². The minimum atomic E-state index is -4.83. The van der Waals surface area contributed by atoms with Gasteiger partial charge in [0, 0.05) is 11.5 Å². The molecule has 0 unspecified atom stereocenters. The van der Waals surface area contributed by atoms with Crippen LogP contribution in [0.2, 0.25) is 0 Å². The number of rotatable bonds is 6. The van der Waals surface area contributed by atoms with Gasteiger partial charge in [-0.25, -0.2) is 23.3 Å². The van der Waals surface area contributed by atoms with Crippen LogP contribution < -0.4 is 11.1 Å². The van der Waals surface area contributed by atoms with Gasteiger partial charge in [0.25, 0.3) is 18.2 Å². The average molecular weight is 615 g/mol. The highest BCUT2D eigenvalue weighted by atomic mass is 32.1. The third-order valence-corrected chi connectivity index (χ3v) is 8.17. The van der Waals surface area contributed by atoms with E-state index in [-0.39, 0.29) is 37.7 Å². The number of pyridine rings is 1. The summed E-state index contributed by atoms with van der Waals surface area (Å²) >= 11 is 1.89. The Balaban J connectivity index is 1.50. The Hall–Kier alpha value is -4.76. The van der Waals surface area contributed by atoms with E-state index < -0.39 is 41.5 Å². The fourth-order valence-electron chi connectivity index (χ4n) is 4.38. The first-order valence-corrected chi connectivity index (χ1v) is 13.6. The minimum Gasteiger partial charge on any atom is -0.365 e. The zero-order valence-electron chi connectivity index (χ0n) is 20.8. The van der Waals surface area contributed by atoms with Gasteiger partial charge in [0.05, 0.1) is 16.3 Å². The van der Waals surface area contributed by atoms with Gasteiger partial charge in [-0.2, -0.15) is 18.3 Å². The molecule has 42 heavy (non-hydrogen) atoms. The van der Waals surface area contributed by atoms with Gasteiger partial charge in [-0.15, -0.1) is 22.7 Å². The van der Waals surface area contributed by atoms with E-state index in [0.29, 0.717) is 26.3 Å². The van der Waals surface area contributed by atoms with Crippen molar-refractivity contribution in [1.82, 2.24) is 19.6 Å². The van der Waals surface area contributed by atoms with E-state index in [2.05, 4.69) is 20.4 Å². The van der Waals surface area contributed by atoms with Gasteiger partial charge < -0.3 is 11.1 Å². The Labute approximate surface area is 240 Å². The molecular weight excluding hydrogens is 599 g/mol. The molecule has 6 aromatic rings. The van der Waals surface area contributed by atoms with Gasteiger partial charge in [0.15, 0.2) is 17.0 Å². The Morgan fingerprint density at radius 2 is 1.76 bits per heavy atom. The number of anilines is 1. The summed E-state index contributed by atoms with van der Waals surface area (Å²) in [6.07, 6.45) is -7.75. The van der Waals surface area contributed by atoms with Crippen LogP contribution in [0.15, 0.2) is 66.0 Å². The highest BCUT2D eigenvalue weighted by Gasteiger charge is 2.36. The number of halogens is 5. The van der Waals surface area contributed by atoms with Gasteiger partial charge in [-0.05, 0) is 34.7 Å². The third-order valence-electron chi connectivity index (χ3n) is 6.18. The largest absolute Gasteiger partial charge is 0.433 e. The number of alkyl halides is 5. The topological polar surface area (TPSA) is 115 Å². The Morgan fingerprint density at radius 1 is 1.00 bits per heavy atom. The van der Waals surface area contributed by atoms with Crippen molar-refractivity contribution in [3.05, 3.63) is 88.0 Å². The number of primary amides is 1. The molecule has 0 atom stereocenters. The maximum absolute atomic E-state index is 14.0. The molecule has 0 saturated heterocycles.